The van der Waals surface area contributed by atoms with Gasteiger partial charge in [-0.1, -0.05) is 23.7 Å². The molecule has 0 unspecified atom stereocenters. The van der Waals surface area contributed by atoms with Crippen LogP contribution in [0.4, 0.5) is 0 Å². The predicted octanol–water partition coefficient (Wildman–Crippen LogP) is 3.19. The summed E-state index contributed by atoms with van der Waals surface area (Å²) in [6.45, 7) is 0. The van der Waals surface area contributed by atoms with Gasteiger partial charge in [-0.2, -0.15) is 0 Å². The molecule has 0 fully saturated rings. The minimum Gasteiger partial charge on any atom is -0.465 e. The lowest BCUT2D eigenvalue weighted by Gasteiger charge is -2.02. The van der Waals surface area contributed by atoms with Crippen LogP contribution in [0.1, 0.15) is 10.4 Å². The van der Waals surface area contributed by atoms with Crippen molar-refractivity contribution in [2.45, 2.75) is 0 Å². The molecule has 0 saturated carbocycles. The molecule has 0 amide bonds. The van der Waals surface area contributed by atoms with E-state index < -0.39 is 5.97 Å². The molecule has 17 heavy (non-hydrogen) atoms. The Balaban J connectivity index is 2.32. The highest BCUT2D eigenvalue weighted by atomic mass is 35.5. The molecule has 0 N–H and O–H groups in total. The third kappa shape index (κ3) is 2.63. The van der Waals surface area contributed by atoms with Gasteiger partial charge in [0, 0.05) is 16.8 Å². The molecule has 2 aromatic rings. The molecule has 0 aliphatic heterocycles. The Morgan fingerprint density at radius 3 is 2.71 bits per heavy atom. The van der Waals surface area contributed by atoms with Gasteiger partial charge in [0.25, 0.3) is 0 Å². The number of benzene rings is 1. The van der Waals surface area contributed by atoms with Crippen LogP contribution in [0.3, 0.4) is 0 Å². The van der Waals surface area contributed by atoms with E-state index in [0.717, 1.165) is 11.3 Å². The lowest BCUT2D eigenvalue weighted by atomic mass is 10.1. The fourth-order valence-corrected chi connectivity index (χ4v) is 1.64. The quantitative estimate of drug-likeness (QED) is 0.765. The Hall–Kier alpha value is -1.87. The zero-order valence-corrected chi connectivity index (χ0v) is 9.94. The summed E-state index contributed by atoms with van der Waals surface area (Å²) in [6, 6.07) is 10.8. The number of halogens is 1. The van der Waals surface area contributed by atoms with Crippen LogP contribution in [0.5, 0.6) is 0 Å². The lowest BCUT2D eigenvalue weighted by molar-refractivity contribution is 0.0600. The second-order valence-corrected chi connectivity index (χ2v) is 3.87. The average Bonchev–Trinajstić information content (AvgIpc) is 2.38. The number of esters is 1. The number of ether oxygens (including phenoxy) is 1. The summed E-state index contributed by atoms with van der Waals surface area (Å²) in [5.41, 5.74) is 2.10. The molecule has 1 aromatic heterocycles. The highest BCUT2D eigenvalue weighted by Gasteiger charge is 2.06. The largest absolute Gasteiger partial charge is 0.465 e. The standard InChI is InChI=1S/C13H10ClNO2/c1-17-13(16)10-5-6-12(15-8-10)9-3-2-4-11(14)7-9/h2-8H,1H3. The number of methoxy groups -OCH3 is 1. The Morgan fingerprint density at radius 2 is 2.12 bits per heavy atom. The number of hydrogen-bond acceptors (Lipinski definition) is 3. The number of carbonyl (C=O) groups excluding carboxylic acids is 1. The van der Waals surface area contributed by atoms with Gasteiger partial charge in [0.2, 0.25) is 0 Å². The van der Waals surface area contributed by atoms with Crippen molar-refractivity contribution in [1.82, 2.24) is 4.98 Å². The third-order valence-corrected chi connectivity index (χ3v) is 2.54. The molecule has 4 heteroatoms. The normalized spacial score (nSPS) is 10.0. The second kappa shape index (κ2) is 4.97. The van der Waals surface area contributed by atoms with Crippen molar-refractivity contribution in [2.75, 3.05) is 7.11 Å². The summed E-state index contributed by atoms with van der Waals surface area (Å²) in [5, 5.41) is 0.654. The van der Waals surface area contributed by atoms with Gasteiger partial charge in [-0.25, -0.2) is 4.79 Å². The number of carbonyl (C=O) groups is 1. The van der Waals surface area contributed by atoms with Crippen LogP contribution in [0.2, 0.25) is 5.02 Å². The minimum atomic E-state index is -0.393. The first kappa shape index (κ1) is 11.6. The number of pyridine rings is 1. The molecule has 2 rings (SSSR count). The van der Waals surface area contributed by atoms with Crippen molar-refractivity contribution in [1.29, 1.82) is 0 Å². The molecule has 0 radical (unpaired) electrons. The first-order chi connectivity index (χ1) is 8.20. The fourth-order valence-electron chi connectivity index (χ4n) is 1.45. The third-order valence-electron chi connectivity index (χ3n) is 2.30. The van der Waals surface area contributed by atoms with Gasteiger partial charge in [0.15, 0.2) is 0 Å². The van der Waals surface area contributed by atoms with Gasteiger partial charge in [0.05, 0.1) is 18.4 Å². The van der Waals surface area contributed by atoms with Crippen LogP contribution >= 0.6 is 11.6 Å². The zero-order valence-electron chi connectivity index (χ0n) is 9.18. The average molecular weight is 248 g/mol. The Morgan fingerprint density at radius 1 is 1.29 bits per heavy atom. The molecule has 0 atom stereocenters. The van der Waals surface area contributed by atoms with Crippen molar-refractivity contribution >= 4 is 17.6 Å². The smallest absolute Gasteiger partial charge is 0.339 e. The van der Waals surface area contributed by atoms with E-state index in [4.69, 9.17) is 11.6 Å². The van der Waals surface area contributed by atoms with E-state index in [1.54, 1.807) is 18.2 Å². The molecule has 86 valence electrons. The SMILES string of the molecule is COC(=O)c1ccc(-c2cccc(Cl)c2)nc1. The summed E-state index contributed by atoms with van der Waals surface area (Å²) in [5.74, 6) is -0.393. The van der Waals surface area contributed by atoms with E-state index in [1.807, 2.05) is 18.2 Å². The highest BCUT2D eigenvalue weighted by molar-refractivity contribution is 6.30. The maximum absolute atomic E-state index is 11.2. The molecular formula is C13H10ClNO2. The Kier molecular flexibility index (Phi) is 3.40. The van der Waals surface area contributed by atoms with E-state index in [9.17, 15) is 4.79 Å². The maximum Gasteiger partial charge on any atom is 0.339 e. The van der Waals surface area contributed by atoms with Crippen molar-refractivity contribution in [3.8, 4) is 11.3 Å². The van der Waals surface area contributed by atoms with Gasteiger partial charge in [-0.15, -0.1) is 0 Å². The molecule has 0 aliphatic rings. The zero-order chi connectivity index (χ0) is 12.3. The summed E-state index contributed by atoms with van der Waals surface area (Å²) >= 11 is 5.90. The highest BCUT2D eigenvalue weighted by Crippen LogP contribution is 2.20. The predicted molar refractivity (Wildman–Crippen MR) is 66.0 cm³/mol. The molecule has 3 nitrogen and oxygen atoms in total. The van der Waals surface area contributed by atoms with Crippen LogP contribution in [0, 0.1) is 0 Å². The van der Waals surface area contributed by atoms with Gasteiger partial charge < -0.3 is 4.74 Å². The molecule has 0 aliphatic carbocycles. The summed E-state index contributed by atoms with van der Waals surface area (Å²) in [4.78, 5) is 15.4. The lowest BCUT2D eigenvalue weighted by Crippen LogP contribution is -2.01. The number of hydrogen-bond donors (Lipinski definition) is 0. The molecular weight excluding hydrogens is 238 g/mol. The summed E-state index contributed by atoms with van der Waals surface area (Å²) in [7, 11) is 1.34. The fraction of sp³-hybridized carbons (Fsp3) is 0.0769. The van der Waals surface area contributed by atoms with E-state index in [-0.39, 0.29) is 0 Å². The molecule has 1 aromatic carbocycles. The number of nitrogens with zero attached hydrogens (tertiary/aromatic N) is 1. The first-order valence-corrected chi connectivity index (χ1v) is 5.39. The van der Waals surface area contributed by atoms with Gasteiger partial charge >= 0.3 is 5.97 Å². The maximum atomic E-state index is 11.2. The van der Waals surface area contributed by atoms with Crippen LogP contribution in [0.15, 0.2) is 42.6 Å². The van der Waals surface area contributed by atoms with E-state index in [1.165, 1.54) is 13.3 Å². The molecule has 0 bridgehead atoms. The minimum absolute atomic E-state index is 0.393. The van der Waals surface area contributed by atoms with Crippen LogP contribution < -0.4 is 0 Å². The van der Waals surface area contributed by atoms with E-state index in [2.05, 4.69) is 9.72 Å². The monoisotopic (exact) mass is 247 g/mol. The van der Waals surface area contributed by atoms with Crippen molar-refractivity contribution < 1.29 is 9.53 Å². The topological polar surface area (TPSA) is 39.2 Å². The van der Waals surface area contributed by atoms with E-state index in [0.29, 0.717) is 10.6 Å². The summed E-state index contributed by atoms with van der Waals surface area (Å²) in [6.07, 6.45) is 1.49. The van der Waals surface area contributed by atoms with Gasteiger partial charge in [-0.3, -0.25) is 4.98 Å². The van der Waals surface area contributed by atoms with Crippen molar-refractivity contribution in [2.24, 2.45) is 0 Å². The molecule has 1 heterocycles. The first-order valence-electron chi connectivity index (χ1n) is 5.01. The van der Waals surface area contributed by atoms with Crippen LogP contribution in [-0.4, -0.2) is 18.1 Å². The summed E-state index contributed by atoms with van der Waals surface area (Å²) < 4.78 is 4.60. The number of aromatic nitrogens is 1. The number of rotatable bonds is 2. The van der Waals surface area contributed by atoms with Gasteiger partial charge in [0.1, 0.15) is 0 Å². The van der Waals surface area contributed by atoms with Gasteiger partial charge in [-0.05, 0) is 24.3 Å². The van der Waals surface area contributed by atoms with Crippen LogP contribution in [-0.2, 0) is 4.74 Å². The molecule has 0 spiro atoms. The van der Waals surface area contributed by atoms with Crippen LogP contribution in [0.25, 0.3) is 11.3 Å². The van der Waals surface area contributed by atoms with E-state index >= 15 is 0 Å². The molecule has 0 saturated heterocycles. The second-order valence-electron chi connectivity index (χ2n) is 3.43. The Labute approximate surface area is 104 Å². The Bertz CT molecular complexity index is 537. The van der Waals surface area contributed by atoms with Crippen molar-refractivity contribution in [3.63, 3.8) is 0 Å². The van der Waals surface area contributed by atoms with Crippen molar-refractivity contribution in [3.05, 3.63) is 53.2 Å².